The summed E-state index contributed by atoms with van der Waals surface area (Å²) in [5.41, 5.74) is 0.0403. The summed E-state index contributed by atoms with van der Waals surface area (Å²) in [6.07, 6.45) is 5.64. The smallest absolute Gasteiger partial charge is 0.229 e. The van der Waals surface area contributed by atoms with Crippen molar-refractivity contribution in [3.8, 4) is 0 Å². The van der Waals surface area contributed by atoms with E-state index in [1.165, 1.54) is 19.3 Å². The molecule has 0 amide bonds. The van der Waals surface area contributed by atoms with Crippen LogP contribution in [0.4, 0.5) is 0 Å². The molecule has 0 fully saturated rings. The van der Waals surface area contributed by atoms with Crippen LogP contribution in [-0.2, 0) is 9.47 Å². The average Bonchev–Trinajstić information content (AvgIpc) is 2.06. The van der Waals surface area contributed by atoms with Crippen molar-refractivity contribution >= 4 is 0 Å². The summed E-state index contributed by atoms with van der Waals surface area (Å²) in [6.45, 7) is 6.53. The van der Waals surface area contributed by atoms with Gasteiger partial charge in [0.1, 0.15) is 0 Å². The van der Waals surface area contributed by atoms with E-state index < -0.39 is 0 Å². The predicted octanol–water partition coefficient (Wildman–Crippen LogP) is 3.38. The summed E-state index contributed by atoms with van der Waals surface area (Å²) < 4.78 is 10.4. The summed E-state index contributed by atoms with van der Waals surface area (Å²) in [5.74, 6) is 0. The molecular formula is C11H23O2. The Kier molecular flexibility index (Phi) is 6.35. The summed E-state index contributed by atoms with van der Waals surface area (Å²) in [5, 5.41) is 0. The lowest BCUT2D eigenvalue weighted by Gasteiger charge is -2.30. The van der Waals surface area contributed by atoms with Crippen LogP contribution in [0.1, 0.15) is 46.5 Å². The highest BCUT2D eigenvalue weighted by atomic mass is 16.7. The molecule has 0 aromatic heterocycles. The number of hydrogen-bond acceptors (Lipinski definition) is 2. The van der Waals surface area contributed by atoms with Gasteiger partial charge in [-0.2, -0.15) is 0 Å². The fourth-order valence-corrected chi connectivity index (χ4v) is 1.55. The zero-order valence-corrected chi connectivity index (χ0v) is 9.64. The fourth-order valence-electron chi connectivity index (χ4n) is 1.55. The first-order chi connectivity index (χ1) is 6.08. The third-order valence-corrected chi connectivity index (χ3v) is 2.33. The highest BCUT2D eigenvalue weighted by Gasteiger charge is 2.30. The van der Waals surface area contributed by atoms with Crippen molar-refractivity contribution in [1.29, 1.82) is 0 Å². The van der Waals surface area contributed by atoms with Crippen molar-refractivity contribution in [3.63, 3.8) is 0 Å². The van der Waals surface area contributed by atoms with Gasteiger partial charge in [0.2, 0.25) is 6.29 Å². The summed E-state index contributed by atoms with van der Waals surface area (Å²) >= 11 is 0. The summed E-state index contributed by atoms with van der Waals surface area (Å²) in [4.78, 5) is 0. The van der Waals surface area contributed by atoms with E-state index >= 15 is 0 Å². The van der Waals surface area contributed by atoms with Gasteiger partial charge in [0, 0.05) is 19.6 Å². The Morgan fingerprint density at radius 3 is 2.00 bits per heavy atom. The van der Waals surface area contributed by atoms with Gasteiger partial charge in [0.05, 0.1) is 0 Å². The highest BCUT2D eigenvalue weighted by molar-refractivity contribution is 4.85. The lowest BCUT2D eigenvalue weighted by atomic mass is 9.86. The van der Waals surface area contributed by atoms with E-state index in [0.717, 1.165) is 12.7 Å². The molecule has 0 N–H and O–H groups in total. The fraction of sp³-hybridized carbons (Fsp3) is 0.909. The molecule has 79 valence electrons. The van der Waals surface area contributed by atoms with E-state index in [4.69, 9.17) is 9.47 Å². The van der Waals surface area contributed by atoms with Crippen LogP contribution in [0.15, 0.2) is 0 Å². The van der Waals surface area contributed by atoms with Gasteiger partial charge in [-0.25, -0.2) is 0 Å². The number of rotatable bonds is 7. The van der Waals surface area contributed by atoms with Crippen LogP contribution < -0.4 is 0 Å². The van der Waals surface area contributed by atoms with Crippen LogP contribution in [0.5, 0.6) is 0 Å². The Morgan fingerprint density at radius 1 is 1.08 bits per heavy atom. The van der Waals surface area contributed by atoms with Crippen molar-refractivity contribution in [2.45, 2.75) is 46.5 Å². The summed E-state index contributed by atoms with van der Waals surface area (Å²) in [6, 6.07) is 0. The first-order valence-corrected chi connectivity index (χ1v) is 5.04. The highest BCUT2D eigenvalue weighted by Crippen LogP contribution is 2.35. The molecule has 0 unspecified atom stereocenters. The maximum atomic E-state index is 5.19. The van der Waals surface area contributed by atoms with Crippen LogP contribution in [0.3, 0.4) is 0 Å². The largest absolute Gasteiger partial charge is 0.348 e. The molecule has 0 aliphatic heterocycles. The third kappa shape index (κ3) is 4.63. The zero-order chi connectivity index (χ0) is 10.3. The van der Waals surface area contributed by atoms with E-state index in [1.807, 2.05) is 0 Å². The van der Waals surface area contributed by atoms with E-state index in [9.17, 15) is 0 Å². The molecule has 0 aromatic rings. The molecule has 0 bridgehead atoms. The molecule has 1 radical (unpaired) electrons. The van der Waals surface area contributed by atoms with Crippen molar-refractivity contribution in [2.75, 3.05) is 14.2 Å². The standard InChI is InChI=1S/C11H23O2/c1-6-7-8-9-11(2,3)10(12-4)13-5/h6-9H2,1-5H3. The third-order valence-electron chi connectivity index (χ3n) is 2.33. The van der Waals surface area contributed by atoms with Gasteiger partial charge in [-0.15, -0.1) is 0 Å². The van der Waals surface area contributed by atoms with Crippen LogP contribution >= 0.6 is 0 Å². The van der Waals surface area contributed by atoms with Gasteiger partial charge < -0.3 is 9.47 Å². The van der Waals surface area contributed by atoms with E-state index in [0.29, 0.717) is 0 Å². The Balaban J connectivity index is 3.88. The molecule has 0 aliphatic rings. The molecule has 0 aliphatic carbocycles. The van der Waals surface area contributed by atoms with Crippen molar-refractivity contribution in [2.24, 2.45) is 5.41 Å². The van der Waals surface area contributed by atoms with Gasteiger partial charge >= 0.3 is 0 Å². The second-order valence-corrected chi connectivity index (χ2v) is 4.04. The molecule has 0 spiro atoms. The van der Waals surface area contributed by atoms with Crippen molar-refractivity contribution in [1.82, 2.24) is 0 Å². The molecule has 0 rings (SSSR count). The van der Waals surface area contributed by atoms with Crippen LogP contribution in [0, 0.1) is 11.7 Å². The SMILES string of the molecule is CCCCCC(C)(C)[C](OC)OC. The first kappa shape index (κ1) is 12.9. The minimum atomic E-state index is 0.0403. The van der Waals surface area contributed by atoms with Crippen molar-refractivity contribution < 1.29 is 9.47 Å². The monoisotopic (exact) mass is 187 g/mol. The summed E-state index contributed by atoms with van der Waals surface area (Å²) in [7, 11) is 3.33. The Bertz CT molecular complexity index is 117. The van der Waals surface area contributed by atoms with Gasteiger partial charge in [0.15, 0.2) is 0 Å². The van der Waals surface area contributed by atoms with Gasteiger partial charge in [0.25, 0.3) is 0 Å². The van der Waals surface area contributed by atoms with Crippen molar-refractivity contribution in [3.05, 3.63) is 6.29 Å². The molecule has 0 saturated heterocycles. The van der Waals surface area contributed by atoms with Gasteiger partial charge in [-0.3, -0.25) is 0 Å². The molecule has 13 heavy (non-hydrogen) atoms. The van der Waals surface area contributed by atoms with E-state index in [2.05, 4.69) is 20.8 Å². The lowest BCUT2D eigenvalue weighted by molar-refractivity contribution is -0.0664. The van der Waals surface area contributed by atoms with E-state index in [1.54, 1.807) is 14.2 Å². The maximum Gasteiger partial charge on any atom is 0.229 e. The Labute approximate surface area is 82.6 Å². The minimum absolute atomic E-state index is 0.0403. The van der Waals surface area contributed by atoms with Crippen LogP contribution in [0.2, 0.25) is 0 Å². The van der Waals surface area contributed by atoms with Crippen LogP contribution in [0.25, 0.3) is 0 Å². The normalized spacial score (nSPS) is 12.5. The molecule has 0 atom stereocenters. The van der Waals surface area contributed by atoms with Gasteiger partial charge in [-0.05, 0) is 6.42 Å². The molecule has 2 nitrogen and oxygen atoms in total. The topological polar surface area (TPSA) is 18.5 Å². The first-order valence-electron chi connectivity index (χ1n) is 5.04. The zero-order valence-electron chi connectivity index (χ0n) is 9.64. The number of ether oxygens (including phenoxy) is 2. The predicted molar refractivity (Wildman–Crippen MR) is 55.2 cm³/mol. The average molecular weight is 187 g/mol. The second kappa shape index (κ2) is 6.39. The Morgan fingerprint density at radius 2 is 1.62 bits per heavy atom. The quantitative estimate of drug-likeness (QED) is 0.569. The lowest BCUT2D eigenvalue weighted by Crippen LogP contribution is -2.25. The van der Waals surface area contributed by atoms with E-state index in [-0.39, 0.29) is 5.41 Å². The van der Waals surface area contributed by atoms with Crippen LogP contribution in [-0.4, -0.2) is 14.2 Å². The number of unbranched alkanes of at least 4 members (excludes halogenated alkanes) is 2. The molecule has 0 saturated carbocycles. The van der Waals surface area contributed by atoms with Gasteiger partial charge in [-0.1, -0.05) is 40.0 Å². The number of hydrogen-bond donors (Lipinski definition) is 0. The number of methoxy groups -OCH3 is 2. The Hall–Kier alpha value is -0.0800. The second-order valence-electron chi connectivity index (χ2n) is 4.04. The maximum absolute atomic E-state index is 5.19. The molecule has 2 heteroatoms. The molecule has 0 aromatic carbocycles. The minimum Gasteiger partial charge on any atom is -0.348 e. The molecule has 0 heterocycles. The molecular weight excluding hydrogens is 164 g/mol.